The highest BCUT2D eigenvalue weighted by molar-refractivity contribution is 5.43. The average Bonchev–Trinajstić information content (AvgIpc) is 2.69. The van der Waals surface area contributed by atoms with Gasteiger partial charge >= 0.3 is 0 Å². The van der Waals surface area contributed by atoms with E-state index in [1.807, 2.05) is 0 Å². The maximum atomic E-state index is 2.81. The van der Waals surface area contributed by atoms with Gasteiger partial charge < -0.3 is 0 Å². The van der Waals surface area contributed by atoms with Crippen molar-refractivity contribution in [2.75, 3.05) is 0 Å². The zero-order valence-electron chi connectivity index (χ0n) is 14.3. The lowest BCUT2D eigenvalue weighted by atomic mass is 9.28. The number of fused-ring (bicyclic) bond motifs is 4. The van der Waals surface area contributed by atoms with E-state index < -0.39 is 0 Å². The third-order valence-electron chi connectivity index (χ3n) is 12.9. The molecule has 0 heteroatoms. The van der Waals surface area contributed by atoms with Crippen molar-refractivity contribution in [2.45, 2.75) is 53.9 Å². The molecule has 0 saturated heterocycles. The van der Waals surface area contributed by atoms with Crippen LogP contribution in [0.5, 0.6) is 0 Å². The maximum absolute atomic E-state index is 2.81. The first-order chi connectivity index (χ1) is 9.85. The molecule has 0 aromatic heterocycles. The van der Waals surface area contributed by atoms with Crippen LogP contribution in [-0.4, -0.2) is 0 Å². The lowest BCUT2D eigenvalue weighted by Gasteiger charge is -2.76. The van der Waals surface area contributed by atoms with E-state index in [0.29, 0.717) is 16.2 Å². The first kappa shape index (κ1) is 11.5. The van der Waals surface area contributed by atoms with Gasteiger partial charge in [-0.3, -0.25) is 0 Å². The van der Waals surface area contributed by atoms with Crippen LogP contribution in [0, 0.1) is 74.9 Å². The van der Waals surface area contributed by atoms with Crippen molar-refractivity contribution in [1.82, 2.24) is 0 Å². The van der Waals surface area contributed by atoms with Crippen molar-refractivity contribution in [3.8, 4) is 0 Å². The van der Waals surface area contributed by atoms with Crippen molar-refractivity contribution in [1.29, 1.82) is 0 Å². The second-order valence-corrected chi connectivity index (χ2v) is 11.3. The Kier molecular flexibility index (Phi) is 1.36. The molecule has 0 radical (unpaired) electrons. The number of hydrogen-bond acceptors (Lipinski definition) is 0. The van der Waals surface area contributed by atoms with Gasteiger partial charge in [-0.15, -0.1) is 0 Å². The van der Waals surface area contributed by atoms with Crippen molar-refractivity contribution in [3.63, 3.8) is 0 Å². The first-order valence-electron chi connectivity index (χ1n) is 9.85. The highest BCUT2D eigenvalue weighted by atomic mass is 15.0. The van der Waals surface area contributed by atoms with Crippen LogP contribution in [-0.2, 0) is 0 Å². The molecule has 114 valence electrons. The Morgan fingerprint density at radius 2 is 1.57 bits per heavy atom. The minimum atomic E-state index is 0.678. The molecule has 1 spiro atoms. The van der Waals surface area contributed by atoms with Crippen molar-refractivity contribution in [3.05, 3.63) is 0 Å². The molecule has 0 heterocycles. The van der Waals surface area contributed by atoms with E-state index in [2.05, 4.69) is 34.6 Å². The van der Waals surface area contributed by atoms with Gasteiger partial charge in [-0.05, 0) is 94.2 Å². The van der Waals surface area contributed by atoms with Gasteiger partial charge in [0, 0.05) is 0 Å². The Labute approximate surface area is 129 Å². The zero-order valence-corrected chi connectivity index (χ0v) is 14.3. The summed E-state index contributed by atoms with van der Waals surface area (Å²) in [5, 5.41) is 0. The third kappa shape index (κ3) is 0.611. The monoisotopic (exact) mass is 282 g/mol. The summed E-state index contributed by atoms with van der Waals surface area (Å²) in [7, 11) is 0. The van der Waals surface area contributed by atoms with Crippen LogP contribution in [0.15, 0.2) is 0 Å². The molecule has 0 amide bonds. The molecular formula is C21H30. The van der Waals surface area contributed by atoms with Crippen LogP contribution in [0.2, 0.25) is 0 Å². The van der Waals surface area contributed by atoms with E-state index in [1.54, 1.807) is 19.3 Å². The number of rotatable bonds is 0. The minimum Gasteiger partial charge on any atom is -0.0617 e. The fraction of sp³-hybridized carbons (Fsp3) is 1.00. The predicted octanol–water partition coefficient (Wildman–Crippen LogP) is 4.84. The standard InChI is InChI=1S/C21H30/c1-9-14-11-6-13-17-16-12-8-21(16,7-11)19(4,10(2)15(12)14)20(17,5)18(9,13)3/h9-17H,6-8H2,1-5H3. The van der Waals surface area contributed by atoms with Crippen molar-refractivity contribution < 1.29 is 0 Å². The summed E-state index contributed by atoms with van der Waals surface area (Å²) < 4.78 is 0. The quantitative estimate of drug-likeness (QED) is 0.596. The molecule has 13 atom stereocenters. The van der Waals surface area contributed by atoms with Crippen molar-refractivity contribution in [2.24, 2.45) is 74.9 Å². The van der Waals surface area contributed by atoms with Crippen LogP contribution in [0.1, 0.15) is 53.9 Å². The second-order valence-electron chi connectivity index (χ2n) is 11.3. The summed E-state index contributed by atoms with van der Waals surface area (Å²) >= 11 is 0. The molecule has 5 bridgehead atoms. The number of hydrogen-bond donors (Lipinski definition) is 0. The highest BCUT2D eigenvalue weighted by Crippen LogP contribution is 3.01. The molecule has 0 N–H and O–H groups in total. The van der Waals surface area contributed by atoms with E-state index in [1.165, 1.54) is 5.92 Å². The van der Waals surface area contributed by atoms with Gasteiger partial charge in [0.15, 0.2) is 0 Å². The van der Waals surface area contributed by atoms with Gasteiger partial charge in [0.2, 0.25) is 0 Å². The third-order valence-corrected chi connectivity index (χ3v) is 12.9. The average molecular weight is 282 g/mol. The molecule has 0 aliphatic heterocycles. The molecule has 8 fully saturated rings. The Hall–Kier alpha value is 0. The van der Waals surface area contributed by atoms with E-state index in [-0.39, 0.29) is 0 Å². The molecule has 13 unspecified atom stereocenters. The Balaban J connectivity index is 1.70. The summed E-state index contributed by atoms with van der Waals surface area (Å²) in [5.41, 5.74) is 2.85. The van der Waals surface area contributed by atoms with Crippen LogP contribution >= 0.6 is 0 Å². The van der Waals surface area contributed by atoms with Gasteiger partial charge in [-0.25, -0.2) is 0 Å². The Morgan fingerprint density at radius 1 is 0.810 bits per heavy atom. The van der Waals surface area contributed by atoms with Crippen molar-refractivity contribution >= 4 is 0 Å². The summed E-state index contributed by atoms with van der Waals surface area (Å²) in [6.07, 6.45) is 4.94. The van der Waals surface area contributed by atoms with E-state index in [0.717, 1.165) is 52.8 Å². The maximum Gasteiger partial charge on any atom is -0.0171 e. The summed E-state index contributed by atoms with van der Waals surface area (Å²) in [6, 6.07) is 0. The molecule has 0 aromatic rings. The van der Waals surface area contributed by atoms with Crippen LogP contribution in [0.4, 0.5) is 0 Å². The molecule has 8 aliphatic rings. The molecule has 0 nitrogen and oxygen atoms in total. The van der Waals surface area contributed by atoms with Gasteiger partial charge in [0.1, 0.15) is 0 Å². The Bertz CT molecular complexity index is 622. The predicted molar refractivity (Wildman–Crippen MR) is 83.4 cm³/mol. The summed E-state index contributed by atoms with van der Waals surface area (Å²) in [4.78, 5) is 0. The molecule has 21 heavy (non-hydrogen) atoms. The SMILES string of the molecule is CC1C2C3CC4C5C6C7CC6(C3)C(C)(C(C)C72)C5(C)C14C. The van der Waals surface area contributed by atoms with Gasteiger partial charge in [-0.1, -0.05) is 34.6 Å². The fourth-order valence-corrected chi connectivity index (χ4v) is 12.5. The second kappa shape index (κ2) is 2.48. The van der Waals surface area contributed by atoms with Crippen LogP contribution < -0.4 is 0 Å². The lowest BCUT2D eigenvalue weighted by molar-refractivity contribution is -0.291. The van der Waals surface area contributed by atoms with Crippen LogP contribution in [0.25, 0.3) is 0 Å². The molecule has 8 saturated carbocycles. The topological polar surface area (TPSA) is 0 Å². The molecule has 0 aromatic carbocycles. The van der Waals surface area contributed by atoms with Gasteiger partial charge in [-0.2, -0.15) is 0 Å². The van der Waals surface area contributed by atoms with Crippen LogP contribution in [0.3, 0.4) is 0 Å². The molecule has 8 rings (SSSR count). The summed E-state index contributed by atoms with van der Waals surface area (Å²) in [5.74, 6) is 9.93. The normalized spacial score (nSPS) is 87.0. The lowest BCUT2D eigenvalue weighted by Crippen LogP contribution is -2.72. The largest absolute Gasteiger partial charge is 0.0617 e. The smallest absolute Gasteiger partial charge is 0.0171 e. The highest BCUT2D eigenvalue weighted by Gasteiger charge is 2.96. The van der Waals surface area contributed by atoms with E-state index in [9.17, 15) is 0 Å². The van der Waals surface area contributed by atoms with Gasteiger partial charge in [0.25, 0.3) is 0 Å². The zero-order chi connectivity index (χ0) is 14.3. The first-order valence-corrected chi connectivity index (χ1v) is 9.85. The summed E-state index contributed by atoms with van der Waals surface area (Å²) in [6.45, 7) is 13.8. The van der Waals surface area contributed by atoms with E-state index in [4.69, 9.17) is 0 Å². The fourth-order valence-electron chi connectivity index (χ4n) is 12.5. The van der Waals surface area contributed by atoms with Gasteiger partial charge in [0.05, 0.1) is 0 Å². The molecule has 8 aliphatic carbocycles. The Morgan fingerprint density at radius 3 is 2.33 bits per heavy atom. The minimum absolute atomic E-state index is 0.678. The van der Waals surface area contributed by atoms with E-state index >= 15 is 0 Å². The molecular weight excluding hydrogens is 252 g/mol.